The number of aromatic nitrogens is 2. The van der Waals surface area contributed by atoms with Gasteiger partial charge in [-0.25, -0.2) is 12.4 Å². The van der Waals surface area contributed by atoms with E-state index < -0.39 is 10.0 Å². The maximum Gasteiger partial charge on any atom is 0.268 e. The van der Waals surface area contributed by atoms with Gasteiger partial charge in [0.25, 0.3) is 10.0 Å². The molecule has 1 aromatic carbocycles. The SMILES string of the molecule is O=S(=O)(c1ccccc1)n1cc(C2=CCNCC2)c2ncccc21.[HH]. The molecule has 0 atom stereocenters. The van der Waals surface area contributed by atoms with Crippen LogP contribution in [0.3, 0.4) is 0 Å². The molecule has 0 fully saturated rings. The van der Waals surface area contributed by atoms with Crippen molar-refractivity contribution < 1.29 is 9.84 Å². The minimum Gasteiger partial charge on any atom is -0.313 e. The molecule has 1 aliphatic rings. The van der Waals surface area contributed by atoms with E-state index in [4.69, 9.17) is 0 Å². The van der Waals surface area contributed by atoms with E-state index >= 15 is 0 Å². The van der Waals surface area contributed by atoms with Gasteiger partial charge in [-0.3, -0.25) is 4.98 Å². The topological polar surface area (TPSA) is 64.0 Å². The third-order valence-corrected chi connectivity index (χ3v) is 5.92. The predicted octanol–water partition coefficient (Wildman–Crippen LogP) is 2.90. The monoisotopic (exact) mass is 341 g/mol. The second kappa shape index (κ2) is 5.89. The molecule has 3 heterocycles. The number of hydrogen-bond acceptors (Lipinski definition) is 4. The minimum absolute atomic E-state index is 0. The summed E-state index contributed by atoms with van der Waals surface area (Å²) in [7, 11) is -3.65. The van der Waals surface area contributed by atoms with Gasteiger partial charge in [0, 0.05) is 25.9 Å². The normalized spacial score (nSPS) is 15.4. The molecule has 6 heteroatoms. The Labute approximate surface area is 142 Å². The van der Waals surface area contributed by atoms with Crippen LogP contribution in [0.2, 0.25) is 0 Å². The molecule has 3 aromatic rings. The molecule has 0 unspecified atom stereocenters. The number of pyridine rings is 1. The van der Waals surface area contributed by atoms with Gasteiger partial charge >= 0.3 is 0 Å². The van der Waals surface area contributed by atoms with Crippen molar-refractivity contribution in [3.8, 4) is 0 Å². The molecule has 0 aliphatic carbocycles. The van der Waals surface area contributed by atoms with Crippen LogP contribution in [0, 0.1) is 0 Å². The Morgan fingerprint density at radius 2 is 1.96 bits per heavy atom. The zero-order valence-corrected chi connectivity index (χ0v) is 13.8. The maximum absolute atomic E-state index is 13.0. The quantitative estimate of drug-likeness (QED) is 0.796. The second-order valence-corrected chi connectivity index (χ2v) is 7.53. The van der Waals surface area contributed by atoms with Crippen LogP contribution in [0.1, 0.15) is 13.4 Å². The molecule has 0 spiro atoms. The van der Waals surface area contributed by atoms with Crippen molar-refractivity contribution in [1.82, 2.24) is 14.3 Å². The maximum atomic E-state index is 13.0. The third kappa shape index (κ3) is 2.44. The first kappa shape index (κ1) is 15.1. The summed E-state index contributed by atoms with van der Waals surface area (Å²) in [4.78, 5) is 4.71. The van der Waals surface area contributed by atoms with Gasteiger partial charge in [-0.15, -0.1) is 0 Å². The van der Waals surface area contributed by atoms with Gasteiger partial charge in [-0.1, -0.05) is 24.3 Å². The van der Waals surface area contributed by atoms with E-state index in [0.717, 1.165) is 36.2 Å². The van der Waals surface area contributed by atoms with Crippen LogP contribution in [0.5, 0.6) is 0 Å². The fraction of sp³-hybridized carbons (Fsp3) is 0.167. The first-order chi connectivity index (χ1) is 11.7. The van der Waals surface area contributed by atoms with Crippen LogP contribution in [-0.4, -0.2) is 30.5 Å². The number of hydrogen-bond donors (Lipinski definition) is 1. The van der Waals surface area contributed by atoms with Gasteiger partial charge in [0.2, 0.25) is 0 Å². The number of nitrogens with zero attached hydrogens (tertiary/aromatic N) is 2. The smallest absolute Gasteiger partial charge is 0.268 e. The van der Waals surface area contributed by atoms with Crippen molar-refractivity contribution in [3.63, 3.8) is 0 Å². The van der Waals surface area contributed by atoms with Crippen LogP contribution < -0.4 is 5.32 Å². The highest BCUT2D eigenvalue weighted by Gasteiger charge is 2.23. The van der Waals surface area contributed by atoms with Gasteiger partial charge < -0.3 is 5.32 Å². The Bertz CT molecular complexity index is 1030. The van der Waals surface area contributed by atoms with Crippen molar-refractivity contribution in [1.29, 1.82) is 0 Å². The largest absolute Gasteiger partial charge is 0.313 e. The zero-order valence-electron chi connectivity index (χ0n) is 13.0. The van der Waals surface area contributed by atoms with E-state index in [0.29, 0.717) is 5.52 Å². The van der Waals surface area contributed by atoms with Gasteiger partial charge in [0.05, 0.1) is 15.9 Å². The van der Waals surface area contributed by atoms with Crippen LogP contribution in [0.15, 0.2) is 65.8 Å². The molecule has 1 N–H and O–H groups in total. The average molecular weight is 341 g/mol. The molecule has 24 heavy (non-hydrogen) atoms. The molecule has 0 radical (unpaired) electrons. The summed E-state index contributed by atoms with van der Waals surface area (Å²) in [6, 6.07) is 12.1. The van der Waals surface area contributed by atoms with Crippen LogP contribution in [-0.2, 0) is 10.0 Å². The molecule has 4 rings (SSSR count). The Hall–Kier alpha value is -2.44. The first-order valence-corrected chi connectivity index (χ1v) is 9.29. The van der Waals surface area contributed by atoms with Crippen molar-refractivity contribution >= 4 is 26.6 Å². The number of nitrogens with one attached hydrogen (secondary N) is 1. The number of rotatable bonds is 3. The van der Waals surface area contributed by atoms with Crippen molar-refractivity contribution in [2.45, 2.75) is 11.3 Å². The summed E-state index contributed by atoms with van der Waals surface area (Å²) >= 11 is 0. The molecule has 5 nitrogen and oxygen atoms in total. The Morgan fingerprint density at radius 3 is 2.71 bits per heavy atom. The second-order valence-electron chi connectivity index (χ2n) is 5.71. The molecule has 0 amide bonds. The van der Waals surface area contributed by atoms with E-state index in [1.165, 1.54) is 3.97 Å². The fourth-order valence-electron chi connectivity index (χ4n) is 3.04. The van der Waals surface area contributed by atoms with E-state index in [-0.39, 0.29) is 6.32 Å². The summed E-state index contributed by atoms with van der Waals surface area (Å²) in [5, 5.41) is 3.27. The highest BCUT2D eigenvalue weighted by atomic mass is 32.2. The average Bonchev–Trinajstić information content (AvgIpc) is 3.04. The molecule has 0 saturated carbocycles. The first-order valence-electron chi connectivity index (χ1n) is 7.85. The van der Waals surface area contributed by atoms with Crippen LogP contribution in [0.25, 0.3) is 16.6 Å². The van der Waals surface area contributed by atoms with Crippen LogP contribution >= 0.6 is 0 Å². The van der Waals surface area contributed by atoms with Gasteiger partial charge in [-0.2, -0.15) is 0 Å². The van der Waals surface area contributed by atoms with E-state index in [9.17, 15) is 8.42 Å². The summed E-state index contributed by atoms with van der Waals surface area (Å²) in [6.45, 7) is 1.68. The van der Waals surface area contributed by atoms with Gasteiger partial charge in [0.15, 0.2) is 0 Å². The van der Waals surface area contributed by atoms with E-state index in [1.54, 1.807) is 54.9 Å². The summed E-state index contributed by atoms with van der Waals surface area (Å²) < 4.78 is 27.4. The highest BCUT2D eigenvalue weighted by Crippen LogP contribution is 2.30. The van der Waals surface area contributed by atoms with Gasteiger partial charge in [0.1, 0.15) is 0 Å². The fourth-order valence-corrected chi connectivity index (χ4v) is 4.42. The summed E-state index contributed by atoms with van der Waals surface area (Å²) in [6.07, 6.45) is 6.37. The minimum atomic E-state index is -3.65. The standard InChI is InChI=1S/C18H17N3O2S.H2/c22-24(23,15-5-2-1-3-6-15)21-13-16(14-8-11-19-12-9-14)18-17(21)7-4-10-20-18;/h1-8,10,13,19H,9,11-12H2;1H. The Morgan fingerprint density at radius 1 is 1.12 bits per heavy atom. The molecule has 2 aromatic heterocycles. The van der Waals surface area contributed by atoms with Gasteiger partial charge in [-0.05, 0) is 42.8 Å². The van der Waals surface area contributed by atoms with Crippen molar-refractivity contribution in [3.05, 3.63) is 66.5 Å². The number of benzene rings is 1. The van der Waals surface area contributed by atoms with E-state index in [2.05, 4.69) is 16.4 Å². The lowest BCUT2D eigenvalue weighted by Crippen LogP contribution is -2.20. The van der Waals surface area contributed by atoms with Crippen molar-refractivity contribution in [2.24, 2.45) is 0 Å². The Balaban J connectivity index is 0.00000182. The molecular formula is C18H19N3O2S. The molecule has 0 saturated heterocycles. The predicted molar refractivity (Wildman–Crippen MR) is 96.3 cm³/mol. The van der Waals surface area contributed by atoms with Crippen LogP contribution in [0.4, 0.5) is 0 Å². The molecule has 0 bridgehead atoms. The highest BCUT2D eigenvalue weighted by molar-refractivity contribution is 7.90. The third-order valence-electron chi connectivity index (χ3n) is 4.24. The zero-order chi connectivity index (χ0) is 16.6. The van der Waals surface area contributed by atoms with Crippen molar-refractivity contribution in [2.75, 3.05) is 13.1 Å². The molecule has 1 aliphatic heterocycles. The Kier molecular flexibility index (Phi) is 3.70. The summed E-state index contributed by atoms with van der Waals surface area (Å²) in [5.74, 6) is 0. The molecular weight excluding hydrogens is 322 g/mol. The lowest BCUT2D eigenvalue weighted by molar-refractivity contribution is 0.589. The lowest BCUT2D eigenvalue weighted by atomic mass is 10.0. The molecule has 124 valence electrons. The summed E-state index contributed by atoms with van der Waals surface area (Å²) in [5.41, 5.74) is 3.37. The number of fused-ring (bicyclic) bond motifs is 1. The van der Waals surface area contributed by atoms with E-state index in [1.807, 2.05) is 0 Å². The lowest BCUT2D eigenvalue weighted by Gasteiger charge is -2.12.